The van der Waals surface area contributed by atoms with Gasteiger partial charge in [-0.15, -0.1) is 0 Å². The SMILES string of the molecule is Cc1ccccc1C(C)(NC1CCCCCC1)C(N)=O. The van der Waals surface area contributed by atoms with E-state index >= 15 is 0 Å². The normalized spacial score (nSPS) is 20.1. The van der Waals surface area contributed by atoms with Crippen LogP contribution in [0.2, 0.25) is 0 Å². The fraction of sp³-hybridized carbons (Fsp3) is 0.588. The zero-order valence-corrected chi connectivity index (χ0v) is 12.6. The molecule has 1 aliphatic rings. The Balaban J connectivity index is 2.25. The molecule has 1 aromatic rings. The quantitative estimate of drug-likeness (QED) is 0.829. The van der Waals surface area contributed by atoms with Crippen LogP contribution in [0.3, 0.4) is 0 Å². The molecule has 1 aromatic carbocycles. The van der Waals surface area contributed by atoms with Gasteiger partial charge in [0.15, 0.2) is 0 Å². The number of aryl methyl sites for hydroxylation is 1. The van der Waals surface area contributed by atoms with E-state index in [1.54, 1.807) is 0 Å². The molecule has 0 aromatic heterocycles. The summed E-state index contributed by atoms with van der Waals surface area (Å²) in [6.07, 6.45) is 7.34. The topological polar surface area (TPSA) is 55.1 Å². The van der Waals surface area contributed by atoms with Crippen molar-refractivity contribution in [2.24, 2.45) is 5.73 Å². The number of nitrogens with one attached hydrogen (secondary N) is 1. The van der Waals surface area contributed by atoms with E-state index < -0.39 is 5.54 Å². The van der Waals surface area contributed by atoms with Crippen molar-refractivity contribution >= 4 is 5.91 Å². The molecule has 1 saturated carbocycles. The Morgan fingerprint density at radius 3 is 2.35 bits per heavy atom. The average molecular weight is 274 g/mol. The maximum Gasteiger partial charge on any atom is 0.242 e. The lowest BCUT2D eigenvalue weighted by atomic mass is 9.86. The molecule has 1 amide bonds. The van der Waals surface area contributed by atoms with Crippen molar-refractivity contribution < 1.29 is 4.79 Å². The summed E-state index contributed by atoms with van der Waals surface area (Å²) in [5.41, 5.74) is 7.05. The van der Waals surface area contributed by atoms with Crippen LogP contribution in [0.15, 0.2) is 24.3 Å². The van der Waals surface area contributed by atoms with E-state index in [-0.39, 0.29) is 5.91 Å². The zero-order chi connectivity index (χ0) is 14.6. The second kappa shape index (κ2) is 6.40. The van der Waals surface area contributed by atoms with E-state index in [0.29, 0.717) is 6.04 Å². The van der Waals surface area contributed by atoms with Crippen LogP contribution in [0, 0.1) is 6.92 Å². The zero-order valence-electron chi connectivity index (χ0n) is 12.6. The molecule has 1 aliphatic carbocycles. The van der Waals surface area contributed by atoms with E-state index in [2.05, 4.69) is 5.32 Å². The monoisotopic (exact) mass is 274 g/mol. The van der Waals surface area contributed by atoms with E-state index in [1.165, 1.54) is 25.7 Å². The van der Waals surface area contributed by atoms with Crippen LogP contribution in [0.1, 0.15) is 56.6 Å². The van der Waals surface area contributed by atoms with Gasteiger partial charge < -0.3 is 5.73 Å². The molecule has 3 nitrogen and oxygen atoms in total. The predicted molar refractivity (Wildman–Crippen MR) is 82.4 cm³/mol. The summed E-state index contributed by atoms with van der Waals surface area (Å²) in [6.45, 7) is 3.95. The maximum atomic E-state index is 12.1. The van der Waals surface area contributed by atoms with Gasteiger partial charge in [-0.05, 0) is 37.8 Å². The van der Waals surface area contributed by atoms with Crippen molar-refractivity contribution in [3.8, 4) is 0 Å². The van der Waals surface area contributed by atoms with Crippen molar-refractivity contribution in [1.29, 1.82) is 0 Å². The van der Waals surface area contributed by atoms with Gasteiger partial charge in [-0.1, -0.05) is 49.9 Å². The summed E-state index contributed by atoms with van der Waals surface area (Å²) in [5.74, 6) is -0.295. The Kier molecular flexibility index (Phi) is 4.81. The third kappa shape index (κ3) is 3.21. The number of primary amides is 1. The molecule has 1 atom stereocenters. The highest BCUT2D eigenvalue weighted by molar-refractivity contribution is 5.86. The van der Waals surface area contributed by atoms with Crippen LogP contribution in [-0.2, 0) is 10.3 Å². The lowest BCUT2D eigenvalue weighted by Crippen LogP contribution is -2.54. The molecule has 0 aliphatic heterocycles. The second-order valence-electron chi connectivity index (χ2n) is 6.14. The first-order valence-electron chi connectivity index (χ1n) is 7.68. The minimum absolute atomic E-state index is 0.295. The Morgan fingerprint density at radius 2 is 1.80 bits per heavy atom. The van der Waals surface area contributed by atoms with Crippen LogP contribution in [0.4, 0.5) is 0 Å². The molecule has 0 spiro atoms. The van der Waals surface area contributed by atoms with Crippen LogP contribution in [0.25, 0.3) is 0 Å². The minimum Gasteiger partial charge on any atom is -0.368 e. The molecular formula is C17H26N2O. The average Bonchev–Trinajstić information content (AvgIpc) is 2.67. The van der Waals surface area contributed by atoms with E-state index in [0.717, 1.165) is 24.0 Å². The summed E-state index contributed by atoms with van der Waals surface area (Å²) in [7, 11) is 0. The Labute approximate surface area is 121 Å². The van der Waals surface area contributed by atoms with Gasteiger partial charge in [0.1, 0.15) is 5.54 Å². The Hall–Kier alpha value is -1.35. The number of amides is 1. The maximum absolute atomic E-state index is 12.1. The second-order valence-corrected chi connectivity index (χ2v) is 6.14. The fourth-order valence-corrected chi connectivity index (χ4v) is 3.25. The molecule has 3 heteroatoms. The summed E-state index contributed by atoms with van der Waals surface area (Å²) in [5, 5.41) is 3.55. The summed E-state index contributed by atoms with van der Waals surface area (Å²) < 4.78 is 0. The van der Waals surface area contributed by atoms with Crippen LogP contribution >= 0.6 is 0 Å². The molecule has 0 radical (unpaired) electrons. The molecule has 1 unspecified atom stereocenters. The smallest absolute Gasteiger partial charge is 0.242 e. The third-order valence-corrected chi connectivity index (χ3v) is 4.52. The van der Waals surface area contributed by atoms with Gasteiger partial charge in [0, 0.05) is 6.04 Å². The number of hydrogen-bond acceptors (Lipinski definition) is 2. The molecule has 3 N–H and O–H groups in total. The predicted octanol–water partition coefficient (Wildman–Crippen LogP) is 3.01. The molecule has 2 rings (SSSR count). The molecule has 110 valence electrons. The summed E-state index contributed by atoms with van der Waals surface area (Å²) in [4.78, 5) is 12.1. The van der Waals surface area contributed by atoms with Crippen molar-refractivity contribution in [2.45, 2.75) is 64.0 Å². The first kappa shape index (κ1) is 15.0. The van der Waals surface area contributed by atoms with Gasteiger partial charge in [0.2, 0.25) is 5.91 Å². The van der Waals surface area contributed by atoms with Gasteiger partial charge in [-0.2, -0.15) is 0 Å². The van der Waals surface area contributed by atoms with Gasteiger partial charge >= 0.3 is 0 Å². The number of benzene rings is 1. The van der Waals surface area contributed by atoms with E-state index in [4.69, 9.17) is 5.73 Å². The van der Waals surface area contributed by atoms with Gasteiger partial charge in [0.25, 0.3) is 0 Å². The Morgan fingerprint density at radius 1 is 1.20 bits per heavy atom. The minimum atomic E-state index is -0.777. The largest absolute Gasteiger partial charge is 0.368 e. The first-order chi connectivity index (χ1) is 9.54. The standard InChI is InChI=1S/C17H26N2O/c1-13-9-7-8-12-15(13)17(2,16(18)20)19-14-10-5-3-4-6-11-14/h7-9,12,14,19H,3-6,10-11H2,1-2H3,(H2,18,20). The summed E-state index contributed by atoms with van der Waals surface area (Å²) in [6, 6.07) is 8.38. The van der Waals surface area contributed by atoms with Crippen molar-refractivity contribution in [3.63, 3.8) is 0 Å². The molecular weight excluding hydrogens is 248 g/mol. The fourth-order valence-electron chi connectivity index (χ4n) is 3.25. The number of nitrogens with two attached hydrogens (primary N) is 1. The molecule has 1 fully saturated rings. The highest BCUT2D eigenvalue weighted by Crippen LogP contribution is 2.27. The molecule has 20 heavy (non-hydrogen) atoms. The third-order valence-electron chi connectivity index (χ3n) is 4.52. The van der Waals surface area contributed by atoms with Gasteiger partial charge in [-0.25, -0.2) is 0 Å². The number of carbonyl (C=O) groups excluding carboxylic acids is 1. The molecule has 0 heterocycles. The van der Waals surface area contributed by atoms with E-state index in [9.17, 15) is 4.79 Å². The van der Waals surface area contributed by atoms with Crippen LogP contribution in [0.5, 0.6) is 0 Å². The van der Waals surface area contributed by atoms with Gasteiger partial charge in [-0.3, -0.25) is 10.1 Å². The van der Waals surface area contributed by atoms with Gasteiger partial charge in [0.05, 0.1) is 0 Å². The number of hydrogen-bond donors (Lipinski definition) is 2. The lowest BCUT2D eigenvalue weighted by Gasteiger charge is -2.34. The van der Waals surface area contributed by atoms with Crippen molar-refractivity contribution in [1.82, 2.24) is 5.32 Å². The number of carbonyl (C=O) groups is 1. The highest BCUT2D eigenvalue weighted by Gasteiger charge is 2.36. The molecule has 0 saturated heterocycles. The summed E-state index contributed by atoms with van der Waals surface area (Å²) >= 11 is 0. The number of rotatable bonds is 4. The van der Waals surface area contributed by atoms with Crippen molar-refractivity contribution in [3.05, 3.63) is 35.4 Å². The van der Waals surface area contributed by atoms with Crippen LogP contribution in [-0.4, -0.2) is 11.9 Å². The first-order valence-corrected chi connectivity index (χ1v) is 7.68. The lowest BCUT2D eigenvalue weighted by molar-refractivity contribution is -0.124. The van der Waals surface area contributed by atoms with E-state index in [1.807, 2.05) is 38.1 Å². The Bertz CT molecular complexity index is 464. The van der Waals surface area contributed by atoms with Crippen LogP contribution < -0.4 is 11.1 Å². The molecule has 0 bridgehead atoms. The highest BCUT2D eigenvalue weighted by atomic mass is 16.1. The van der Waals surface area contributed by atoms with Crippen molar-refractivity contribution in [2.75, 3.05) is 0 Å².